The smallest absolute Gasteiger partial charge is 0.231 e. The number of nitrogens with two attached hydrogens (primary N) is 2. The van der Waals surface area contributed by atoms with Crippen LogP contribution >= 0.6 is 11.3 Å². The number of amides is 2. The van der Waals surface area contributed by atoms with Crippen LogP contribution in [0.4, 0.5) is 5.13 Å². The van der Waals surface area contributed by atoms with Gasteiger partial charge in [-0.15, -0.1) is 11.3 Å². The monoisotopic (exact) mass is 323 g/mol. The molecule has 22 heavy (non-hydrogen) atoms. The van der Waals surface area contributed by atoms with Crippen molar-refractivity contribution in [2.24, 2.45) is 11.7 Å². The summed E-state index contributed by atoms with van der Waals surface area (Å²) in [6.07, 6.45) is 2.57. The lowest BCUT2D eigenvalue weighted by atomic mass is 9.95. The molecule has 0 radical (unpaired) electrons. The highest BCUT2D eigenvalue weighted by atomic mass is 32.1. The molecule has 2 aliphatic heterocycles. The zero-order valence-corrected chi connectivity index (χ0v) is 13.3. The summed E-state index contributed by atoms with van der Waals surface area (Å²) in [6, 6.07) is 0. The average molecular weight is 323 g/mol. The highest BCUT2D eigenvalue weighted by molar-refractivity contribution is 7.15. The summed E-state index contributed by atoms with van der Waals surface area (Å²) in [7, 11) is 0. The molecular weight excluding hydrogens is 302 g/mol. The molecule has 2 aliphatic rings. The van der Waals surface area contributed by atoms with Crippen LogP contribution in [0.2, 0.25) is 0 Å². The van der Waals surface area contributed by atoms with E-state index < -0.39 is 0 Å². The van der Waals surface area contributed by atoms with E-state index in [-0.39, 0.29) is 24.3 Å². The van der Waals surface area contributed by atoms with Crippen molar-refractivity contribution < 1.29 is 9.59 Å². The summed E-state index contributed by atoms with van der Waals surface area (Å²) in [5.74, 6) is -0.206. The highest BCUT2D eigenvalue weighted by Crippen LogP contribution is 2.28. The molecule has 0 bridgehead atoms. The summed E-state index contributed by atoms with van der Waals surface area (Å²) in [4.78, 5) is 33.1. The van der Waals surface area contributed by atoms with Crippen LogP contribution in [0.15, 0.2) is 0 Å². The molecule has 4 N–H and O–H groups in total. The van der Waals surface area contributed by atoms with Gasteiger partial charge in [0.05, 0.1) is 24.7 Å². The second kappa shape index (κ2) is 6.21. The van der Waals surface area contributed by atoms with Crippen LogP contribution in [0, 0.1) is 5.92 Å². The Labute approximate surface area is 133 Å². The minimum atomic E-state index is -0.337. The largest absolute Gasteiger partial charge is 0.375 e. The molecule has 8 heteroatoms. The van der Waals surface area contributed by atoms with Gasteiger partial charge in [0.25, 0.3) is 0 Å². The number of carbonyl (C=O) groups excluding carboxylic acids is 2. The van der Waals surface area contributed by atoms with Crippen LogP contribution in [-0.2, 0) is 22.6 Å². The van der Waals surface area contributed by atoms with Crippen molar-refractivity contribution in [2.75, 3.05) is 31.9 Å². The van der Waals surface area contributed by atoms with Gasteiger partial charge in [-0.2, -0.15) is 0 Å². The van der Waals surface area contributed by atoms with Gasteiger partial charge in [-0.25, -0.2) is 4.98 Å². The number of nitrogen functional groups attached to an aromatic ring is 1. The van der Waals surface area contributed by atoms with Gasteiger partial charge in [0.1, 0.15) is 0 Å². The Morgan fingerprint density at radius 1 is 1.36 bits per heavy atom. The Kier molecular flexibility index (Phi) is 4.30. The maximum absolute atomic E-state index is 12.7. The minimum absolute atomic E-state index is 0.0417. The van der Waals surface area contributed by atoms with Crippen molar-refractivity contribution in [1.82, 2.24) is 14.8 Å². The quantitative estimate of drug-likeness (QED) is 0.802. The number of hydrogen-bond donors (Lipinski definition) is 2. The van der Waals surface area contributed by atoms with Crippen LogP contribution in [0.25, 0.3) is 0 Å². The number of anilines is 1. The lowest BCUT2D eigenvalue weighted by molar-refractivity contribution is -0.139. The molecule has 0 aromatic carbocycles. The summed E-state index contributed by atoms with van der Waals surface area (Å²) >= 11 is 1.47. The molecule has 1 saturated heterocycles. The summed E-state index contributed by atoms with van der Waals surface area (Å²) < 4.78 is 0. The standard InChI is InChI=1S/C14H21N5O2S/c15-12(20)8-18-4-1-2-9(6-18)13(21)19-5-3-10-11(7-19)22-14(16)17-10/h9H,1-8H2,(H2,15,20)(H2,16,17)/t9-/m1/s1. The second-order valence-electron chi connectivity index (χ2n) is 5.97. The third kappa shape index (κ3) is 3.22. The molecular formula is C14H21N5O2S. The van der Waals surface area contributed by atoms with E-state index in [0.29, 0.717) is 24.8 Å². The maximum atomic E-state index is 12.7. The fourth-order valence-electron chi connectivity index (χ4n) is 3.28. The van der Waals surface area contributed by atoms with E-state index in [0.717, 1.165) is 36.4 Å². The minimum Gasteiger partial charge on any atom is -0.375 e. The normalized spacial score (nSPS) is 22.4. The Morgan fingerprint density at radius 3 is 2.95 bits per heavy atom. The molecule has 0 unspecified atom stereocenters. The average Bonchev–Trinajstić information content (AvgIpc) is 2.85. The number of likely N-dealkylation sites (tertiary alicyclic amines) is 1. The first-order valence-corrected chi connectivity index (χ1v) is 8.38. The van der Waals surface area contributed by atoms with Gasteiger partial charge < -0.3 is 16.4 Å². The van der Waals surface area contributed by atoms with E-state index in [9.17, 15) is 9.59 Å². The van der Waals surface area contributed by atoms with E-state index in [2.05, 4.69) is 4.98 Å². The van der Waals surface area contributed by atoms with Crippen molar-refractivity contribution in [3.05, 3.63) is 10.6 Å². The van der Waals surface area contributed by atoms with Crippen molar-refractivity contribution in [1.29, 1.82) is 0 Å². The molecule has 0 aliphatic carbocycles. The molecule has 3 rings (SSSR count). The highest BCUT2D eigenvalue weighted by Gasteiger charge is 2.32. The summed E-state index contributed by atoms with van der Waals surface area (Å²) in [6.45, 7) is 2.99. The van der Waals surface area contributed by atoms with Crippen molar-refractivity contribution >= 4 is 28.3 Å². The predicted octanol–water partition coefficient (Wildman–Crippen LogP) is -0.193. The van der Waals surface area contributed by atoms with E-state index in [1.54, 1.807) is 0 Å². The Morgan fingerprint density at radius 2 is 2.18 bits per heavy atom. The predicted molar refractivity (Wildman–Crippen MR) is 84.0 cm³/mol. The van der Waals surface area contributed by atoms with E-state index in [1.807, 2.05) is 9.80 Å². The van der Waals surface area contributed by atoms with Gasteiger partial charge in [0.2, 0.25) is 11.8 Å². The zero-order valence-electron chi connectivity index (χ0n) is 12.5. The number of fused-ring (bicyclic) bond motifs is 1. The Bertz CT molecular complexity index is 588. The molecule has 3 heterocycles. The molecule has 120 valence electrons. The molecule has 0 saturated carbocycles. The Balaban J connectivity index is 1.63. The molecule has 0 spiro atoms. The third-order valence-electron chi connectivity index (χ3n) is 4.29. The first-order chi connectivity index (χ1) is 10.5. The molecule has 1 aromatic heterocycles. The number of thiazole rings is 1. The second-order valence-corrected chi connectivity index (χ2v) is 7.09. The SMILES string of the molecule is NC(=O)CN1CCC[C@@H](C(=O)N2CCc3nc(N)sc3C2)C1. The van der Waals surface area contributed by atoms with Gasteiger partial charge in [-0.05, 0) is 19.4 Å². The lowest BCUT2D eigenvalue weighted by Crippen LogP contribution is -2.47. The van der Waals surface area contributed by atoms with Crippen LogP contribution in [-0.4, -0.2) is 52.8 Å². The first kappa shape index (κ1) is 15.2. The van der Waals surface area contributed by atoms with Crippen LogP contribution in [0.1, 0.15) is 23.4 Å². The third-order valence-corrected chi connectivity index (χ3v) is 5.21. The number of aromatic nitrogens is 1. The van der Waals surface area contributed by atoms with E-state index in [4.69, 9.17) is 11.5 Å². The number of piperidine rings is 1. The molecule has 2 amide bonds. The molecule has 1 aromatic rings. The zero-order chi connectivity index (χ0) is 15.7. The van der Waals surface area contributed by atoms with Gasteiger partial charge in [0.15, 0.2) is 5.13 Å². The number of primary amides is 1. The van der Waals surface area contributed by atoms with Crippen molar-refractivity contribution in [3.8, 4) is 0 Å². The summed E-state index contributed by atoms with van der Waals surface area (Å²) in [5, 5.41) is 0.574. The van der Waals surface area contributed by atoms with Crippen LogP contribution in [0.5, 0.6) is 0 Å². The maximum Gasteiger partial charge on any atom is 0.231 e. The van der Waals surface area contributed by atoms with Crippen molar-refractivity contribution in [3.63, 3.8) is 0 Å². The van der Waals surface area contributed by atoms with Crippen molar-refractivity contribution in [2.45, 2.75) is 25.8 Å². The number of nitrogens with zero attached hydrogens (tertiary/aromatic N) is 3. The molecule has 1 atom stereocenters. The fourth-order valence-corrected chi connectivity index (χ4v) is 4.18. The van der Waals surface area contributed by atoms with Gasteiger partial charge in [-0.3, -0.25) is 14.5 Å². The molecule has 7 nitrogen and oxygen atoms in total. The van der Waals surface area contributed by atoms with E-state index in [1.165, 1.54) is 11.3 Å². The summed E-state index contributed by atoms with van der Waals surface area (Å²) in [5.41, 5.74) is 12.0. The first-order valence-electron chi connectivity index (χ1n) is 7.56. The number of rotatable bonds is 3. The van der Waals surface area contributed by atoms with Gasteiger partial charge in [0, 0.05) is 24.4 Å². The van der Waals surface area contributed by atoms with Gasteiger partial charge in [-0.1, -0.05) is 0 Å². The van der Waals surface area contributed by atoms with Gasteiger partial charge >= 0.3 is 0 Å². The van der Waals surface area contributed by atoms with Crippen LogP contribution in [0.3, 0.4) is 0 Å². The fraction of sp³-hybridized carbons (Fsp3) is 0.643. The molecule has 1 fully saturated rings. The topological polar surface area (TPSA) is 106 Å². The van der Waals surface area contributed by atoms with Crippen LogP contribution < -0.4 is 11.5 Å². The number of carbonyl (C=O) groups is 2. The van der Waals surface area contributed by atoms with E-state index >= 15 is 0 Å². The lowest BCUT2D eigenvalue weighted by Gasteiger charge is -2.35. The number of hydrogen-bond acceptors (Lipinski definition) is 6. The Hall–Kier alpha value is -1.67.